The molecule has 0 aromatic carbocycles. The first kappa shape index (κ1) is 9.00. The van der Waals surface area contributed by atoms with Gasteiger partial charge in [-0.1, -0.05) is 0 Å². The second-order valence-corrected chi connectivity index (χ2v) is 1.90. The minimum Gasteiger partial charge on any atom is -0.870 e. The molecular weight excluding hydrogens is 84.1 g/mol. The van der Waals surface area contributed by atoms with Gasteiger partial charge in [-0.05, 0) is 18.7 Å². The molecule has 2 heteroatoms. The van der Waals surface area contributed by atoms with Crippen molar-refractivity contribution < 1.29 is 5.48 Å². The largest absolute Gasteiger partial charge is 0.870 e. The van der Waals surface area contributed by atoms with Gasteiger partial charge in [0, 0.05) is 0 Å². The van der Waals surface area contributed by atoms with E-state index in [1.165, 1.54) is 17.5 Å². The van der Waals surface area contributed by atoms with Gasteiger partial charge in [0.1, 0.15) is 5.75 Å². The van der Waals surface area contributed by atoms with Crippen LogP contribution in [-0.2, 0) is 11.8 Å². The maximum atomic E-state index is 2.17. The van der Waals surface area contributed by atoms with Crippen molar-refractivity contribution in [1.29, 1.82) is 0 Å². The Bertz CT molecular complexity index is 8.85. The molecule has 0 radical (unpaired) electrons. The maximum Gasteiger partial charge on any atom is 0.102 e. The summed E-state index contributed by atoms with van der Waals surface area (Å²) in [4.78, 5) is 0. The highest BCUT2D eigenvalue weighted by molar-refractivity contribution is 7.77. The van der Waals surface area contributed by atoms with E-state index in [-0.39, 0.29) is 5.48 Å². The van der Waals surface area contributed by atoms with Crippen LogP contribution in [-0.4, -0.2) is 17.5 Å². The van der Waals surface area contributed by atoms with Crippen molar-refractivity contribution in [3.05, 3.63) is 0 Å². The molecular formula is C3H10OS. The molecule has 0 unspecified atom stereocenters. The minimum atomic E-state index is 0. The van der Waals surface area contributed by atoms with Crippen molar-refractivity contribution in [1.82, 2.24) is 0 Å². The van der Waals surface area contributed by atoms with Crippen LogP contribution in [0.3, 0.4) is 0 Å². The molecule has 34 valence electrons. The third kappa shape index (κ3) is 13.4. The fraction of sp³-hybridized carbons (Fsp3) is 1.00. The topological polar surface area (TPSA) is 30.0 Å². The Morgan fingerprint density at radius 2 is 1.80 bits per heavy atom. The summed E-state index contributed by atoms with van der Waals surface area (Å²) in [6.45, 7) is 2.17. The lowest BCUT2D eigenvalue weighted by atomic mass is 11.0. The Balaban J connectivity index is 0. The Kier molecular flexibility index (Phi) is 15.9. The van der Waals surface area contributed by atoms with E-state index in [4.69, 9.17) is 0 Å². The molecule has 5 heavy (non-hydrogen) atoms. The summed E-state index contributed by atoms with van der Waals surface area (Å²) in [5.74, 6) is 1.29. The summed E-state index contributed by atoms with van der Waals surface area (Å²) in [6, 6.07) is 0. The van der Waals surface area contributed by atoms with Crippen LogP contribution in [0.1, 0.15) is 6.92 Å². The summed E-state index contributed by atoms with van der Waals surface area (Å²) in [5.41, 5.74) is 0. The van der Waals surface area contributed by atoms with Gasteiger partial charge < -0.3 is 5.48 Å². The van der Waals surface area contributed by atoms with Gasteiger partial charge in [-0.2, -0.15) is 0 Å². The smallest absolute Gasteiger partial charge is 0.102 e. The van der Waals surface area contributed by atoms with Crippen LogP contribution in [0.2, 0.25) is 0 Å². The maximum absolute atomic E-state index is 2.17. The molecule has 0 amide bonds. The first-order valence-corrected chi connectivity index (χ1v) is 3.00. The zero-order valence-corrected chi connectivity index (χ0v) is 4.50. The zero-order valence-electron chi connectivity index (χ0n) is 3.60. The highest BCUT2D eigenvalue weighted by atomic mass is 32.2. The van der Waals surface area contributed by atoms with Crippen LogP contribution in [0.4, 0.5) is 0 Å². The highest BCUT2D eigenvalue weighted by Crippen LogP contribution is 1.54. The lowest BCUT2D eigenvalue weighted by Gasteiger charge is -1.58. The van der Waals surface area contributed by atoms with Gasteiger partial charge in [0.25, 0.3) is 0 Å². The molecule has 0 aliphatic rings. The Morgan fingerprint density at radius 3 is 1.80 bits per heavy atom. The third-order valence-corrected chi connectivity index (χ3v) is 0.949. The van der Waals surface area contributed by atoms with Gasteiger partial charge in [0.05, 0.1) is 6.26 Å². The first-order valence-electron chi connectivity index (χ1n) is 1.47. The molecule has 0 heterocycles. The summed E-state index contributed by atoms with van der Waals surface area (Å²) in [5, 5.41) is 0. The first-order chi connectivity index (χ1) is 1.91. The molecule has 0 aromatic heterocycles. The molecule has 0 fully saturated rings. The van der Waals surface area contributed by atoms with E-state index < -0.39 is 0 Å². The number of thiol groups is 1. The lowest BCUT2D eigenvalue weighted by molar-refractivity contribution is 0.824. The SMILES string of the molecule is CC[SH+]C.[OH-]. The van der Waals surface area contributed by atoms with E-state index in [1.54, 1.807) is 0 Å². The quantitative estimate of drug-likeness (QED) is 0.339. The van der Waals surface area contributed by atoms with Crippen molar-refractivity contribution in [3.63, 3.8) is 0 Å². The predicted octanol–water partition coefficient (Wildman–Crippen LogP) is 0.274. The van der Waals surface area contributed by atoms with Gasteiger partial charge >= 0.3 is 0 Å². The normalized spacial score (nSPS) is 6.00. The monoisotopic (exact) mass is 94.0 g/mol. The van der Waals surface area contributed by atoms with Gasteiger partial charge in [0.2, 0.25) is 0 Å². The molecule has 0 spiro atoms. The summed E-state index contributed by atoms with van der Waals surface area (Å²) >= 11 is 1.50. The Labute approximate surface area is 37.1 Å². The molecule has 0 atom stereocenters. The van der Waals surface area contributed by atoms with Crippen LogP contribution < -0.4 is 0 Å². The molecule has 0 saturated carbocycles. The number of hydrogen-bond acceptors (Lipinski definition) is 1. The number of hydrogen-bond donors (Lipinski definition) is 0. The van der Waals surface area contributed by atoms with E-state index in [2.05, 4.69) is 13.2 Å². The third-order valence-electron chi connectivity index (χ3n) is 0.316. The van der Waals surface area contributed by atoms with E-state index in [0.717, 1.165) is 0 Å². The zero-order chi connectivity index (χ0) is 3.41. The van der Waals surface area contributed by atoms with E-state index in [9.17, 15) is 0 Å². The van der Waals surface area contributed by atoms with Crippen LogP contribution in [0.25, 0.3) is 0 Å². The fourth-order valence-corrected chi connectivity index (χ4v) is 0. The summed E-state index contributed by atoms with van der Waals surface area (Å²) in [6.07, 6.45) is 2.15. The van der Waals surface area contributed by atoms with Gasteiger partial charge in [-0.25, -0.2) is 0 Å². The van der Waals surface area contributed by atoms with Crippen molar-refractivity contribution in [3.8, 4) is 0 Å². The molecule has 0 aliphatic carbocycles. The number of rotatable bonds is 1. The fourth-order valence-electron chi connectivity index (χ4n) is 0. The molecule has 1 N–H and O–H groups in total. The van der Waals surface area contributed by atoms with E-state index >= 15 is 0 Å². The van der Waals surface area contributed by atoms with Gasteiger partial charge in [-0.15, -0.1) is 0 Å². The standard InChI is InChI=1S/C3H8S.H2O/c1-3-4-2;/h3H2,1-2H3;1H2. The van der Waals surface area contributed by atoms with Gasteiger partial charge in [-0.3, -0.25) is 0 Å². The average molecular weight is 94.2 g/mol. The molecule has 0 aliphatic heterocycles. The second-order valence-electron chi connectivity index (χ2n) is 0.632. The van der Waals surface area contributed by atoms with Crippen molar-refractivity contribution in [2.45, 2.75) is 6.92 Å². The lowest BCUT2D eigenvalue weighted by Crippen LogP contribution is -1.71. The Hall–Kier alpha value is 0.310. The Morgan fingerprint density at radius 1 is 1.60 bits per heavy atom. The van der Waals surface area contributed by atoms with Crippen molar-refractivity contribution in [2.24, 2.45) is 0 Å². The van der Waals surface area contributed by atoms with Crippen LogP contribution in [0.15, 0.2) is 0 Å². The molecule has 0 rings (SSSR count). The van der Waals surface area contributed by atoms with Crippen LogP contribution in [0, 0.1) is 0 Å². The summed E-state index contributed by atoms with van der Waals surface area (Å²) in [7, 11) is 0. The van der Waals surface area contributed by atoms with E-state index in [1.807, 2.05) is 0 Å². The summed E-state index contributed by atoms with van der Waals surface area (Å²) < 4.78 is 0. The molecule has 0 saturated heterocycles. The van der Waals surface area contributed by atoms with Crippen molar-refractivity contribution in [2.75, 3.05) is 12.0 Å². The average Bonchev–Trinajstić information content (AvgIpc) is 1.37. The van der Waals surface area contributed by atoms with E-state index in [0.29, 0.717) is 0 Å². The van der Waals surface area contributed by atoms with Crippen molar-refractivity contribution >= 4 is 11.8 Å². The minimum absolute atomic E-state index is 0. The molecule has 0 aromatic rings. The van der Waals surface area contributed by atoms with Crippen LogP contribution >= 0.6 is 0 Å². The van der Waals surface area contributed by atoms with Gasteiger partial charge in [0.15, 0.2) is 0 Å². The predicted molar refractivity (Wildman–Crippen MR) is 27.2 cm³/mol. The molecule has 1 nitrogen and oxygen atoms in total. The van der Waals surface area contributed by atoms with Crippen LogP contribution in [0.5, 0.6) is 0 Å². The highest BCUT2D eigenvalue weighted by Gasteiger charge is 1.66. The molecule has 0 bridgehead atoms. The second kappa shape index (κ2) is 8.85.